The maximum absolute atomic E-state index is 6.38. The largest absolute Gasteiger partial charge is 0.378 e. The summed E-state index contributed by atoms with van der Waals surface area (Å²) in [6, 6.07) is 6.20. The molecule has 0 radical (unpaired) electrons. The maximum Gasteiger partial charge on any atom is 0.0575 e. The smallest absolute Gasteiger partial charge is 0.0575 e. The quantitative estimate of drug-likeness (QED) is 0.149. The molecule has 0 heterocycles. The lowest BCUT2D eigenvalue weighted by atomic mass is 9.70. The van der Waals surface area contributed by atoms with Crippen LogP contribution in [0.4, 0.5) is 0 Å². The Kier molecular flexibility index (Phi) is 14.0. The molecule has 0 bridgehead atoms. The number of unbranched alkanes of at least 4 members (excludes halogenated alkanes) is 1. The molecule has 1 unspecified atom stereocenters. The van der Waals surface area contributed by atoms with Gasteiger partial charge in [0.25, 0.3) is 0 Å². The molecule has 2 rings (SSSR count). The van der Waals surface area contributed by atoms with E-state index in [1.165, 1.54) is 95.9 Å². The predicted molar refractivity (Wildman–Crippen MR) is 160 cm³/mol. The average molecular weight is 509 g/mol. The number of hydrogen-bond acceptors (Lipinski definition) is 1. The predicted octanol–water partition coefficient (Wildman–Crippen LogP) is 10.8. The molecule has 0 saturated heterocycles. The van der Waals surface area contributed by atoms with E-state index in [4.69, 9.17) is 4.74 Å². The monoisotopic (exact) mass is 508 g/mol. The van der Waals surface area contributed by atoms with E-state index < -0.39 is 16.1 Å². The Labute approximate surface area is 218 Å². The molecule has 34 heavy (non-hydrogen) atoms. The first-order valence-electron chi connectivity index (χ1n) is 15.8. The molecular formula is C31H64OSi2. The highest BCUT2D eigenvalue weighted by Gasteiger charge is 2.31. The minimum Gasteiger partial charge on any atom is -0.378 e. The van der Waals surface area contributed by atoms with Gasteiger partial charge in [-0.25, -0.2) is 0 Å². The average Bonchev–Trinajstić information content (AvgIpc) is 2.82. The van der Waals surface area contributed by atoms with Gasteiger partial charge < -0.3 is 4.74 Å². The van der Waals surface area contributed by atoms with Crippen molar-refractivity contribution in [1.29, 1.82) is 0 Å². The summed E-state index contributed by atoms with van der Waals surface area (Å²) in [5.74, 6) is 4.05. The molecule has 0 aromatic rings. The number of hydrogen-bond donors (Lipinski definition) is 0. The Morgan fingerprint density at radius 3 is 1.82 bits per heavy atom. The highest BCUT2D eigenvalue weighted by Crippen LogP contribution is 2.41. The number of ether oxygens (including phenoxy) is 1. The van der Waals surface area contributed by atoms with Gasteiger partial charge in [0.05, 0.1) is 6.10 Å². The van der Waals surface area contributed by atoms with Crippen LogP contribution in [-0.2, 0) is 4.74 Å². The molecule has 0 aromatic heterocycles. The second-order valence-electron chi connectivity index (χ2n) is 14.3. The molecule has 2 aliphatic carbocycles. The molecule has 202 valence electrons. The van der Waals surface area contributed by atoms with Gasteiger partial charge in [-0.3, -0.25) is 0 Å². The van der Waals surface area contributed by atoms with Crippen molar-refractivity contribution < 1.29 is 4.74 Å². The van der Waals surface area contributed by atoms with Gasteiger partial charge in [-0.2, -0.15) is 0 Å². The van der Waals surface area contributed by atoms with E-state index in [9.17, 15) is 0 Å². The lowest BCUT2D eigenvalue weighted by molar-refractivity contribution is 0.00576. The molecule has 1 atom stereocenters. The van der Waals surface area contributed by atoms with Crippen LogP contribution in [0.3, 0.4) is 0 Å². The highest BCUT2D eigenvalue weighted by molar-refractivity contribution is 6.82. The fourth-order valence-corrected chi connectivity index (χ4v) is 15.2. The van der Waals surface area contributed by atoms with Gasteiger partial charge in [0.2, 0.25) is 0 Å². The zero-order chi connectivity index (χ0) is 25.0. The van der Waals surface area contributed by atoms with Gasteiger partial charge in [0, 0.05) is 22.8 Å². The first-order valence-corrected chi connectivity index (χ1v) is 22.6. The summed E-state index contributed by atoms with van der Waals surface area (Å²) >= 11 is 0. The van der Waals surface area contributed by atoms with Gasteiger partial charge in [0.15, 0.2) is 0 Å². The van der Waals surface area contributed by atoms with Crippen LogP contribution in [-0.4, -0.2) is 28.9 Å². The summed E-state index contributed by atoms with van der Waals surface area (Å²) in [5.41, 5.74) is 0. The van der Waals surface area contributed by atoms with Crippen LogP contribution in [0.15, 0.2) is 0 Å². The van der Waals surface area contributed by atoms with Crippen molar-refractivity contribution in [1.82, 2.24) is 0 Å². The second kappa shape index (κ2) is 15.6. The standard InChI is InChI=1S/C31H64OSi2/c1-8-12-28-13-15-29(16-14-28)30-17-19-31(20-18-30)32-22-10-11-23-33(4,5)25-26-34(6,7)24-21-27(3)9-2/h27-31H,8-26H2,1-7H3. The van der Waals surface area contributed by atoms with E-state index in [0.717, 1.165) is 30.3 Å². The van der Waals surface area contributed by atoms with E-state index in [1.807, 2.05) is 0 Å². The van der Waals surface area contributed by atoms with E-state index in [0.29, 0.717) is 6.10 Å². The fourth-order valence-electron chi connectivity index (χ4n) is 6.81. The third-order valence-corrected chi connectivity index (χ3v) is 17.1. The second-order valence-corrected chi connectivity index (χ2v) is 25.0. The van der Waals surface area contributed by atoms with Crippen LogP contribution in [0.5, 0.6) is 0 Å². The molecule has 0 aliphatic heterocycles. The Balaban J connectivity index is 1.52. The third-order valence-electron chi connectivity index (χ3n) is 10.1. The van der Waals surface area contributed by atoms with Gasteiger partial charge >= 0.3 is 0 Å². The fraction of sp³-hybridized carbons (Fsp3) is 1.00. The van der Waals surface area contributed by atoms with Crippen molar-refractivity contribution in [3.05, 3.63) is 0 Å². The van der Waals surface area contributed by atoms with Crippen molar-refractivity contribution in [2.45, 2.75) is 167 Å². The van der Waals surface area contributed by atoms with Crippen molar-refractivity contribution in [3.63, 3.8) is 0 Å². The molecule has 3 heteroatoms. The van der Waals surface area contributed by atoms with Gasteiger partial charge in [-0.15, -0.1) is 0 Å². The molecule has 2 saturated carbocycles. The Morgan fingerprint density at radius 2 is 1.26 bits per heavy atom. The van der Waals surface area contributed by atoms with E-state index in [-0.39, 0.29) is 0 Å². The molecule has 0 spiro atoms. The SMILES string of the molecule is CCCC1CCC(C2CCC(OCCCC[Si](C)(C)CC[Si](C)(C)CCC(C)CC)CC2)CC1. The molecule has 0 amide bonds. The Bertz CT molecular complexity index is 516. The third kappa shape index (κ3) is 12.1. The van der Waals surface area contributed by atoms with Crippen LogP contribution in [0.25, 0.3) is 0 Å². The van der Waals surface area contributed by atoms with Crippen LogP contribution in [0.2, 0.25) is 50.4 Å². The van der Waals surface area contributed by atoms with Crippen LogP contribution in [0, 0.1) is 23.7 Å². The molecule has 2 aliphatic rings. The Morgan fingerprint density at radius 1 is 0.706 bits per heavy atom. The molecule has 1 nitrogen and oxygen atoms in total. The van der Waals surface area contributed by atoms with Crippen LogP contribution < -0.4 is 0 Å². The highest BCUT2D eigenvalue weighted by atomic mass is 28.3. The zero-order valence-corrected chi connectivity index (χ0v) is 26.7. The summed E-state index contributed by atoms with van der Waals surface area (Å²) in [4.78, 5) is 0. The Hall–Kier alpha value is 0.394. The summed E-state index contributed by atoms with van der Waals surface area (Å²) in [7, 11) is -2.01. The summed E-state index contributed by atoms with van der Waals surface area (Å²) in [6.07, 6.45) is 20.6. The molecule has 0 N–H and O–H groups in total. The first-order chi connectivity index (χ1) is 16.1. The summed E-state index contributed by atoms with van der Waals surface area (Å²) in [5, 5.41) is 0. The topological polar surface area (TPSA) is 9.23 Å². The van der Waals surface area contributed by atoms with Gasteiger partial charge in [0.1, 0.15) is 0 Å². The lowest BCUT2D eigenvalue weighted by Crippen LogP contribution is -2.32. The van der Waals surface area contributed by atoms with Gasteiger partial charge in [-0.1, -0.05) is 116 Å². The van der Waals surface area contributed by atoms with Crippen LogP contribution >= 0.6 is 0 Å². The first kappa shape index (κ1) is 30.6. The molecular weight excluding hydrogens is 445 g/mol. The summed E-state index contributed by atoms with van der Waals surface area (Å²) < 4.78 is 6.38. The lowest BCUT2D eigenvalue weighted by Gasteiger charge is -2.37. The van der Waals surface area contributed by atoms with E-state index in [1.54, 1.807) is 18.1 Å². The van der Waals surface area contributed by atoms with Crippen molar-refractivity contribution in [2.75, 3.05) is 6.61 Å². The van der Waals surface area contributed by atoms with Crippen molar-refractivity contribution in [2.24, 2.45) is 23.7 Å². The van der Waals surface area contributed by atoms with Crippen LogP contribution in [0.1, 0.15) is 111 Å². The maximum atomic E-state index is 6.38. The number of rotatable bonds is 16. The van der Waals surface area contributed by atoms with E-state index in [2.05, 4.69) is 47.0 Å². The van der Waals surface area contributed by atoms with Crippen molar-refractivity contribution >= 4 is 16.1 Å². The zero-order valence-electron chi connectivity index (χ0n) is 24.7. The van der Waals surface area contributed by atoms with Crippen molar-refractivity contribution in [3.8, 4) is 0 Å². The van der Waals surface area contributed by atoms with Gasteiger partial charge in [-0.05, 0) is 68.6 Å². The molecule has 2 fully saturated rings. The summed E-state index contributed by atoms with van der Waals surface area (Å²) in [6.45, 7) is 18.8. The van der Waals surface area contributed by atoms with E-state index >= 15 is 0 Å². The minimum absolute atomic E-state index is 0.579. The molecule has 0 aromatic carbocycles. The minimum atomic E-state index is -1.03. The normalized spacial score (nSPS) is 27.6.